The van der Waals surface area contributed by atoms with Crippen molar-refractivity contribution in [2.75, 3.05) is 26.2 Å². The van der Waals surface area contributed by atoms with Crippen molar-refractivity contribution in [3.05, 3.63) is 35.4 Å². The second-order valence-corrected chi connectivity index (χ2v) is 7.80. The van der Waals surface area contributed by atoms with Crippen LogP contribution in [-0.2, 0) is 9.59 Å². The van der Waals surface area contributed by atoms with Crippen molar-refractivity contribution < 1.29 is 9.59 Å². The summed E-state index contributed by atoms with van der Waals surface area (Å²) in [6.07, 6.45) is 6.89. The van der Waals surface area contributed by atoms with E-state index in [1.54, 1.807) is 4.90 Å². The Morgan fingerprint density at radius 1 is 1.00 bits per heavy atom. The Labute approximate surface area is 156 Å². The Morgan fingerprint density at radius 2 is 1.58 bits per heavy atom. The molecular formula is C21H31N3O2. The van der Waals surface area contributed by atoms with Crippen molar-refractivity contribution in [2.45, 2.75) is 51.5 Å². The van der Waals surface area contributed by atoms with Gasteiger partial charge >= 0.3 is 0 Å². The zero-order valence-corrected chi connectivity index (χ0v) is 15.8. The number of aryl methyl sites for hydroxylation is 1. The van der Waals surface area contributed by atoms with Gasteiger partial charge in [-0.1, -0.05) is 49.1 Å². The normalized spacial score (nSPS) is 20.1. The van der Waals surface area contributed by atoms with Crippen LogP contribution in [0.1, 0.15) is 55.7 Å². The third-order valence-electron chi connectivity index (χ3n) is 5.83. The van der Waals surface area contributed by atoms with Crippen molar-refractivity contribution in [3.63, 3.8) is 0 Å². The molecule has 5 heteroatoms. The van der Waals surface area contributed by atoms with E-state index in [1.807, 2.05) is 36.1 Å². The van der Waals surface area contributed by atoms with Crippen LogP contribution in [0.2, 0.25) is 0 Å². The van der Waals surface area contributed by atoms with E-state index in [-0.39, 0.29) is 11.8 Å². The van der Waals surface area contributed by atoms with Gasteiger partial charge in [-0.05, 0) is 31.2 Å². The number of benzene rings is 1. The summed E-state index contributed by atoms with van der Waals surface area (Å²) in [5, 5.41) is 0. The van der Waals surface area contributed by atoms with Gasteiger partial charge in [0.15, 0.2) is 0 Å². The number of amides is 2. The van der Waals surface area contributed by atoms with Crippen molar-refractivity contribution >= 4 is 11.8 Å². The third kappa shape index (κ3) is 4.64. The molecule has 1 aromatic carbocycles. The van der Waals surface area contributed by atoms with Crippen LogP contribution in [0.5, 0.6) is 0 Å². The van der Waals surface area contributed by atoms with Crippen molar-refractivity contribution in [2.24, 2.45) is 11.7 Å². The molecule has 2 N–H and O–H groups in total. The molecule has 142 valence electrons. The van der Waals surface area contributed by atoms with Gasteiger partial charge in [0.05, 0.1) is 0 Å². The van der Waals surface area contributed by atoms with Gasteiger partial charge in [-0.15, -0.1) is 0 Å². The van der Waals surface area contributed by atoms with Crippen molar-refractivity contribution in [1.29, 1.82) is 0 Å². The minimum absolute atomic E-state index is 0.0479. The Morgan fingerprint density at radius 3 is 2.19 bits per heavy atom. The molecule has 0 aromatic heterocycles. The smallest absolute Gasteiger partial charge is 0.244 e. The van der Waals surface area contributed by atoms with E-state index in [9.17, 15) is 9.59 Å². The highest BCUT2D eigenvalue weighted by atomic mass is 16.2. The zero-order valence-electron chi connectivity index (χ0n) is 15.8. The fourth-order valence-electron chi connectivity index (χ4n) is 4.06. The lowest BCUT2D eigenvalue weighted by molar-refractivity contribution is -0.141. The number of piperazine rings is 1. The highest BCUT2D eigenvalue weighted by molar-refractivity contribution is 5.83. The second-order valence-electron chi connectivity index (χ2n) is 7.80. The topological polar surface area (TPSA) is 66.6 Å². The molecule has 2 fully saturated rings. The van der Waals surface area contributed by atoms with Gasteiger partial charge < -0.3 is 15.5 Å². The number of rotatable bonds is 4. The van der Waals surface area contributed by atoms with Crippen LogP contribution in [0.15, 0.2) is 24.3 Å². The predicted octanol–water partition coefficient (Wildman–Crippen LogP) is 2.64. The van der Waals surface area contributed by atoms with Gasteiger partial charge in [0.1, 0.15) is 6.04 Å². The molecule has 26 heavy (non-hydrogen) atoms. The number of hydrogen-bond donors (Lipinski definition) is 1. The molecule has 1 aromatic rings. The standard InChI is InChI=1S/C21H31N3O2/c1-16-7-9-18(10-8-16)20(22)21(26)24-13-11-23(12-14-24)19(25)15-17-5-3-2-4-6-17/h7-10,17,20H,2-6,11-15,22H2,1H3. The maximum Gasteiger partial charge on any atom is 0.244 e. The largest absolute Gasteiger partial charge is 0.339 e. The molecule has 3 rings (SSSR count). The summed E-state index contributed by atoms with van der Waals surface area (Å²) < 4.78 is 0. The maximum atomic E-state index is 12.7. The lowest BCUT2D eigenvalue weighted by Gasteiger charge is -2.36. The lowest BCUT2D eigenvalue weighted by Crippen LogP contribution is -2.52. The molecular weight excluding hydrogens is 326 g/mol. The summed E-state index contributed by atoms with van der Waals surface area (Å²) in [6, 6.07) is 7.17. The van der Waals surface area contributed by atoms with E-state index in [2.05, 4.69) is 0 Å². The second kappa shape index (κ2) is 8.67. The number of hydrogen-bond acceptors (Lipinski definition) is 3. The summed E-state index contributed by atoms with van der Waals surface area (Å²) in [7, 11) is 0. The lowest BCUT2D eigenvalue weighted by atomic mass is 9.86. The number of nitrogens with two attached hydrogens (primary N) is 1. The average molecular weight is 357 g/mol. The summed E-state index contributed by atoms with van der Waals surface area (Å²) in [4.78, 5) is 28.9. The predicted molar refractivity (Wildman–Crippen MR) is 102 cm³/mol. The fraction of sp³-hybridized carbons (Fsp3) is 0.619. The zero-order chi connectivity index (χ0) is 18.5. The Bertz CT molecular complexity index is 615. The van der Waals surface area contributed by atoms with Gasteiger partial charge in [-0.25, -0.2) is 0 Å². The fourth-order valence-corrected chi connectivity index (χ4v) is 4.06. The molecule has 1 saturated heterocycles. The van der Waals surface area contributed by atoms with Gasteiger partial charge in [0.25, 0.3) is 0 Å². The number of carbonyl (C=O) groups excluding carboxylic acids is 2. The number of carbonyl (C=O) groups is 2. The molecule has 1 aliphatic heterocycles. The minimum Gasteiger partial charge on any atom is -0.339 e. The van der Waals surface area contributed by atoms with E-state index in [1.165, 1.54) is 32.1 Å². The van der Waals surface area contributed by atoms with E-state index in [4.69, 9.17) is 5.73 Å². The molecule has 5 nitrogen and oxygen atoms in total. The summed E-state index contributed by atoms with van der Waals surface area (Å²) >= 11 is 0. The molecule has 1 heterocycles. The molecule has 1 aliphatic carbocycles. The van der Waals surface area contributed by atoms with E-state index in [0.717, 1.165) is 11.1 Å². The molecule has 2 aliphatic rings. The van der Waals surface area contributed by atoms with Crippen LogP contribution in [0.25, 0.3) is 0 Å². The van der Waals surface area contributed by atoms with Gasteiger partial charge in [0.2, 0.25) is 11.8 Å². The summed E-state index contributed by atoms with van der Waals surface area (Å²) in [5.74, 6) is 0.769. The van der Waals surface area contributed by atoms with Crippen LogP contribution in [0.4, 0.5) is 0 Å². The van der Waals surface area contributed by atoms with Gasteiger partial charge in [-0.3, -0.25) is 9.59 Å². The van der Waals surface area contributed by atoms with Crippen molar-refractivity contribution in [3.8, 4) is 0 Å². The minimum atomic E-state index is -0.625. The molecule has 1 unspecified atom stereocenters. The molecule has 1 saturated carbocycles. The SMILES string of the molecule is Cc1ccc(C(N)C(=O)N2CCN(C(=O)CC3CCCCC3)CC2)cc1. The average Bonchev–Trinajstić information content (AvgIpc) is 2.68. The van der Waals surface area contributed by atoms with E-state index >= 15 is 0 Å². The molecule has 0 radical (unpaired) electrons. The quantitative estimate of drug-likeness (QED) is 0.901. The van der Waals surface area contributed by atoms with Crippen LogP contribution >= 0.6 is 0 Å². The van der Waals surface area contributed by atoms with Crippen LogP contribution in [0.3, 0.4) is 0 Å². The summed E-state index contributed by atoms with van der Waals surface area (Å²) in [6.45, 7) is 4.42. The van der Waals surface area contributed by atoms with E-state index < -0.39 is 6.04 Å². The first-order valence-corrected chi connectivity index (χ1v) is 9.93. The first-order chi connectivity index (χ1) is 12.5. The third-order valence-corrected chi connectivity index (χ3v) is 5.83. The number of nitrogens with zero attached hydrogens (tertiary/aromatic N) is 2. The monoisotopic (exact) mass is 357 g/mol. The Balaban J connectivity index is 1.48. The van der Waals surface area contributed by atoms with Gasteiger partial charge in [0, 0.05) is 32.6 Å². The van der Waals surface area contributed by atoms with Gasteiger partial charge in [-0.2, -0.15) is 0 Å². The first kappa shape index (κ1) is 18.9. The van der Waals surface area contributed by atoms with E-state index in [0.29, 0.717) is 38.5 Å². The Hall–Kier alpha value is -1.88. The van der Waals surface area contributed by atoms with Crippen LogP contribution in [-0.4, -0.2) is 47.8 Å². The highest BCUT2D eigenvalue weighted by Crippen LogP contribution is 2.27. The maximum absolute atomic E-state index is 12.7. The molecule has 1 atom stereocenters. The molecule has 0 spiro atoms. The Kier molecular flexibility index (Phi) is 6.30. The van der Waals surface area contributed by atoms with Crippen molar-refractivity contribution in [1.82, 2.24) is 9.80 Å². The first-order valence-electron chi connectivity index (χ1n) is 9.93. The summed E-state index contributed by atoms with van der Waals surface area (Å²) in [5.41, 5.74) is 8.16. The van der Waals surface area contributed by atoms with Crippen LogP contribution < -0.4 is 5.73 Å². The molecule has 2 amide bonds. The van der Waals surface area contributed by atoms with Crippen LogP contribution in [0, 0.1) is 12.8 Å². The highest BCUT2D eigenvalue weighted by Gasteiger charge is 2.29. The molecule has 0 bridgehead atoms.